The summed E-state index contributed by atoms with van der Waals surface area (Å²) >= 11 is 3.70. The van der Waals surface area contributed by atoms with E-state index in [2.05, 4.69) is 27.7 Å². The van der Waals surface area contributed by atoms with E-state index < -0.39 is 6.10 Å². The average Bonchev–Trinajstić information content (AvgIpc) is 2.83. The highest BCUT2D eigenvalue weighted by Gasteiger charge is 2.27. The van der Waals surface area contributed by atoms with Crippen LogP contribution in [-0.4, -0.2) is 47.7 Å². The third kappa shape index (κ3) is 2.93. The maximum Gasteiger partial charge on any atom is 0.254 e. The van der Waals surface area contributed by atoms with Crippen molar-refractivity contribution in [1.29, 1.82) is 0 Å². The lowest BCUT2D eigenvalue weighted by Gasteiger charge is -2.32. The first kappa shape index (κ1) is 13.6. The summed E-state index contributed by atoms with van der Waals surface area (Å²) in [5, 5.41) is 13.4. The standard InChI is InChI=1S/C10H12IN3O3S/c11-8-3-6(5-18-8)10(15)14-1-2-17-7(4-14)9(12)13-16/h3,5,7,16H,1-2,4H2,(H2,12,13). The molecule has 0 saturated carbocycles. The summed E-state index contributed by atoms with van der Waals surface area (Å²) in [6.07, 6.45) is -0.537. The number of halogens is 1. The summed E-state index contributed by atoms with van der Waals surface area (Å²) in [5.41, 5.74) is 6.16. The molecule has 1 aromatic heterocycles. The monoisotopic (exact) mass is 381 g/mol. The second-order valence-corrected chi connectivity index (χ2v) is 6.58. The summed E-state index contributed by atoms with van der Waals surface area (Å²) in [6.45, 7) is 1.20. The number of ether oxygens (including phenoxy) is 1. The van der Waals surface area contributed by atoms with Crippen molar-refractivity contribution in [3.8, 4) is 0 Å². The Hall–Kier alpha value is -0.870. The number of amidine groups is 1. The average molecular weight is 381 g/mol. The normalized spacial score (nSPS) is 21.1. The first-order chi connectivity index (χ1) is 8.61. The molecular weight excluding hydrogens is 369 g/mol. The van der Waals surface area contributed by atoms with Gasteiger partial charge in [-0.1, -0.05) is 5.16 Å². The quantitative estimate of drug-likeness (QED) is 0.263. The molecule has 1 aromatic rings. The maximum atomic E-state index is 12.2. The number of carbonyl (C=O) groups is 1. The number of carbonyl (C=O) groups excluding carboxylic acids is 1. The Morgan fingerprint density at radius 2 is 2.50 bits per heavy atom. The minimum absolute atomic E-state index is 0.00704. The van der Waals surface area contributed by atoms with E-state index in [1.165, 1.54) is 11.3 Å². The summed E-state index contributed by atoms with van der Waals surface area (Å²) in [6, 6.07) is 1.85. The molecule has 3 N–H and O–H groups in total. The minimum Gasteiger partial charge on any atom is -0.409 e. The summed E-state index contributed by atoms with van der Waals surface area (Å²) in [5.74, 6) is -0.0550. The third-order valence-electron chi connectivity index (χ3n) is 2.61. The van der Waals surface area contributed by atoms with Crippen LogP contribution in [0.25, 0.3) is 0 Å². The molecule has 1 saturated heterocycles. The van der Waals surface area contributed by atoms with E-state index in [4.69, 9.17) is 15.7 Å². The van der Waals surface area contributed by atoms with E-state index in [0.717, 1.165) is 2.88 Å². The van der Waals surface area contributed by atoms with Crippen LogP contribution in [0, 0.1) is 2.88 Å². The predicted octanol–water partition coefficient (Wildman–Crippen LogP) is 0.940. The number of amides is 1. The molecule has 1 unspecified atom stereocenters. The van der Waals surface area contributed by atoms with Gasteiger partial charge in [0.25, 0.3) is 5.91 Å². The van der Waals surface area contributed by atoms with Gasteiger partial charge in [-0.2, -0.15) is 0 Å². The first-order valence-corrected chi connectivity index (χ1v) is 7.20. The van der Waals surface area contributed by atoms with Crippen LogP contribution in [0.1, 0.15) is 10.4 Å². The Morgan fingerprint density at radius 3 is 3.11 bits per heavy atom. The lowest BCUT2D eigenvalue weighted by Crippen LogP contribution is -2.50. The Bertz CT molecular complexity index is 477. The third-order valence-corrected chi connectivity index (χ3v) is 4.40. The Balaban J connectivity index is 2.07. The van der Waals surface area contributed by atoms with Gasteiger partial charge < -0.3 is 20.6 Å². The SMILES string of the molecule is NC(=NO)C1CN(C(=O)c2csc(I)c2)CCO1. The first-order valence-electron chi connectivity index (χ1n) is 5.24. The minimum atomic E-state index is -0.537. The number of hydrogen-bond acceptors (Lipinski definition) is 5. The Labute approximate surface area is 122 Å². The van der Waals surface area contributed by atoms with E-state index in [1.807, 2.05) is 11.4 Å². The number of oxime groups is 1. The van der Waals surface area contributed by atoms with E-state index in [0.29, 0.717) is 25.3 Å². The summed E-state index contributed by atoms with van der Waals surface area (Å²) in [4.78, 5) is 13.9. The number of nitrogens with two attached hydrogens (primary N) is 1. The molecule has 98 valence electrons. The number of rotatable bonds is 2. The van der Waals surface area contributed by atoms with Crippen molar-refractivity contribution < 1.29 is 14.7 Å². The molecule has 18 heavy (non-hydrogen) atoms. The van der Waals surface area contributed by atoms with Gasteiger partial charge in [-0.3, -0.25) is 4.79 Å². The lowest BCUT2D eigenvalue weighted by molar-refractivity contribution is 0.00678. The molecule has 2 heterocycles. The van der Waals surface area contributed by atoms with Gasteiger partial charge in [0, 0.05) is 11.9 Å². The highest BCUT2D eigenvalue weighted by atomic mass is 127. The number of nitrogens with zero attached hydrogens (tertiary/aromatic N) is 2. The van der Waals surface area contributed by atoms with Crippen LogP contribution < -0.4 is 5.73 Å². The highest BCUT2D eigenvalue weighted by Crippen LogP contribution is 2.19. The summed E-state index contributed by atoms with van der Waals surface area (Å²) < 4.78 is 6.41. The molecule has 0 radical (unpaired) electrons. The van der Waals surface area contributed by atoms with Crippen molar-refractivity contribution in [2.75, 3.05) is 19.7 Å². The molecule has 0 aromatic carbocycles. The second-order valence-electron chi connectivity index (χ2n) is 3.77. The van der Waals surface area contributed by atoms with Gasteiger partial charge in [-0.05, 0) is 28.7 Å². The second kappa shape index (κ2) is 5.85. The van der Waals surface area contributed by atoms with Gasteiger partial charge in [-0.25, -0.2) is 0 Å². The van der Waals surface area contributed by atoms with Crippen molar-refractivity contribution >= 4 is 45.7 Å². The van der Waals surface area contributed by atoms with E-state index >= 15 is 0 Å². The zero-order chi connectivity index (χ0) is 13.1. The number of thiophene rings is 1. The van der Waals surface area contributed by atoms with Gasteiger partial charge in [0.1, 0.15) is 6.10 Å². The van der Waals surface area contributed by atoms with Crippen LogP contribution in [0.3, 0.4) is 0 Å². The van der Waals surface area contributed by atoms with Crippen LogP contribution in [0.2, 0.25) is 0 Å². The largest absolute Gasteiger partial charge is 0.409 e. The van der Waals surface area contributed by atoms with Gasteiger partial charge in [0.15, 0.2) is 5.84 Å². The molecule has 1 aliphatic heterocycles. The van der Waals surface area contributed by atoms with Gasteiger partial charge in [0.05, 0.1) is 21.6 Å². The molecule has 1 amide bonds. The highest BCUT2D eigenvalue weighted by molar-refractivity contribution is 14.1. The topological polar surface area (TPSA) is 88.2 Å². The van der Waals surface area contributed by atoms with Crippen LogP contribution in [0.5, 0.6) is 0 Å². The zero-order valence-corrected chi connectivity index (χ0v) is 12.3. The number of morpholine rings is 1. The molecule has 0 aliphatic carbocycles. The fraction of sp³-hybridized carbons (Fsp3) is 0.400. The van der Waals surface area contributed by atoms with Crippen molar-refractivity contribution in [1.82, 2.24) is 4.90 Å². The van der Waals surface area contributed by atoms with E-state index in [-0.39, 0.29) is 11.7 Å². The zero-order valence-electron chi connectivity index (χ0n) is 9.38. The van der Waals surface area contributed by atoms with E-state index in [1.54, 1.807) is 4.90 Å². The van der Waals surface area contributed by atoms with Crippen LogP contribution in [0.15, 0.2) is 16.6 Å². The fourth-order valence-electron chi connectivity index (χ4n) is 1.68. The lowest BCUT2D eigenvalue weighted by atomic mass is 10.2. The van der Waals surface area contributed by atoms with Crippen LogP contribution in [0.4, 0.5) is 0 Å². The van der Waals surface area contributed by atoms with Gasteiger partial charge in [0.2, 0.25) is 0 Å². The summed E-state index contributed by atoms with van der Waals surface area (Å²) in [7, 11) is 0. The maximum absolute atomic E-state index is 12.2. The molecule has 1 atom stereocenters. The van der Waals surface area contributed by atoms with Crippen molar-refractivity contribution in [3.63, 3.8) is 0 Å². The molecule has 0 spiro atoms. The van der Waals surface area contributed by atoms with Crippen molar-refractivity contribution in [2.24, 2.45) is 10.9 Å². The Morgan fingerprint density at radius 1 is 1.72 bits per heavy atom. The van der Waals surface area contributed by atoms with Crippen molar-refractivity contribution in [2.45, 2.75) is 6.10 Å². The fourth-order valence-corrected chi connectivity index (χ4v) is 3.00. The molecule has 1 fully saturated rings. The predicted molar refractivity (Wildman–Crippen MR) is 76.1 cm³/mol. The molecule has 6 nitrogen and oxygen atoms in total. The number of hydrogen-bond donors (Lipinski definition) is 2. The van der Waals surface area contributed by atoms with Gasteiger partial charge in [-0.15, -0.1) is 11.3 Å². The van der Waals surface area contributed by atoms with Crippen LogP contribution >= 0.6 is 33.9 Å². The van der Waals surface area contributed by atoms with E-state index in [9.17, 15) is 4.79 Å². The molecule has 8 heteroatoms. The smallest absolute Gasteiger partial charge is 0.254 e. The Kier molecular flexibility index (Phi) is 4.40. The molecule has 1 aliphatic rings. The van der Waals surface area contributed by atoms with Gasteiger partial charge >= 0.3 is 0 Å². The molecular formula is C10H12IN3O3S. The molecule has 2 rings (SSSR count). The van der Waals surface area contributed by atoms with Crippen LogP contribution in [-0.2, 0) is 4.74 Å². The molecule has 0 bridgehead atoms. The van der Waals surface area contributed by atoms with Crippen molar-refractivity contribution in [3.05, 3.63) is 19.9 Å².